The summed E-state index contributed by atoms with van der Waals surface area (Å²) in [6, 6.07) is 0. The standard InChI is InChI=1S/C15H30N2O2/c1-4-14(5-2,10-16)13(19)17-15(11-18)8-6-12(3)7-9-15/h12,18H,4-11,16H2,1-3H3,(H,17,19). The molecule has 4 N–H and O–H groups in total. The molecule has 1 aliphatic carbocycles. The van der Waals surface area contributed by atoms with E-state index in [0.29, 0.717) is 12.5 Å². The van der Waals surface area contributed by atoms with Crippen LogP contribution in [0, 0.1) is 11.3 Å². The van der Waals surface area contributed by atoms with E-state index in [9.17, 15) is 9.90 Å². The van der Waals surface area contributed by atoms with Crippen LogP contribution < -0.4 is 11.1 Å². The van der Waals surface area contributed by atoms with Crippen LogP contribution in [0.2, 0.25) is 0 Å². The van der Waals surface area contributed by atoms with Crippen LogP contribution in [-0.2, 0) is 4.79 Å². The van der Waals surface area contributed by atoms with Gasteiger partial charge in [-0.25, -0.2) is 0 Å². The van der Waals surface area contributed by atoms with Crippen molar-refractivity contribution in [3.8, 4) is 0 Å². The van der Waals surface area contributed by atoms with Crippen molar-refractivity contribution in [2.45, 2.75) is 64.8 Å². The van der Waals surface area contributed by atoms with Crippen LogP contribution in [0.4, 0.5) is 0 Å². The van der Waals surface area contributed by atoms with Crippen molar-refractivity contribution in [2.75, 3.05) is 13.2 Å². The summed E-state index contributed by atoms with van der Waals surface area (Å²) in [5.74, 6) is 0.705. The fourth-order valence-electron chi connectivity index (χ4n) is 2.96. The van der Waals surface area contributed by atoms with E-state index < -0.39 is 11.0 Å². The molecule has 1 amide bonds. The molecule has 1 aliphatic rings. The van der Waals surface area contributed by atoms with E-state index in [2.05, 4.69) is 12.2 Å². The molecule has 0 saturated heterocycles. The van der Waals surface area contributed by atoms with E-state index in [4.69, 9.17) is 5.73 Å². The van der Waals surface area contributed by atoms with E-state index in [1.54, 1.807) is 0 Å². The molecular weight excluding hydrogens is 240 g/mol. The topological polar surface area (TPSA) is 75.4 Å². The molecule has 1 fully saturated rings. The fraction of sp³-hybridized carbons (Fsp3) is 0.933. The van der Waals surface area contributed by atoms with E-state index >= 15 is 0 Å². The number of hydrogen-bond acceptors (Lipinski definition) is 3. The number of carbonyl (C=O) groups excluding carboxylic acids is 1. The number of amides is 1. The van der Waals surface area contributed by atoms with Gasteiger partial charge >= 0.3 is 0 Å². The van der Waals surface area contributed by atoms with Crippen LogP contribution in [0.5, 0.6) is 0 Å². The molecule has 0 aromatic heterocycles. The Kier molecular flexibility index (Phi) is 5.81. The van der Waals surface area contributed by atoms with E-state index in [1.807, 2.05) is 13.8 Å². The molecule has 4 heteroatoms. The molecular formula is C15H30N2O2. The SMILES string of the molecule is CCC(CC)(CN)C(=O)NC1(CO)CCC(C)CC1. The van der Waals surface area contributed by atoms with Crippen LogP contribution in [0.15, 0.2) is 0 Å². The number of carbonyl (C=O) groups is 1. The Morgan fingerprint density at radius 3 is 2.26 bits per heavy atom. The van der Waals surface area contributed by atoms with Gasteiger partial charge in [0, 0.05) is 6.54 Å². The molecule has 1 rings (SSSR count). The van der Waals surface area contributed by atoms with Gasteiger partial charge in [-0.3, -0.25) is 4.79 Å². The Morgan fingerprint density at radius 2 is 1.89 bits per heavy atom. The largest absolute Gasteiger partial charge is 0.394 e. The summed E-state index contributed by atoms with van der Waals surface area (Å²) < 4.78 is 0. The first-order chi connectivity index (χ1) is 8.97. The first kappa shape index (κ1) is 16.4. The summed E-state index contributed by atoms with van der Waals surface area (Å²) in [6.07, 6.45) is 5.34. The molecule has 19 heavy (non-hydrogen) atoms. The lowest BCUT2D eigenvalue weighted by atomic mass is 9.75. The average molecular weight is 270 g/mol. The van der Waals surface area contributed by atoms with Crippen LogP contribution in [0.25, 0.3) is 0 Å². The highest BCUT2D eigenvalue weighted by molar-refractivity contribution is 5.83. The second-order valence-electron chi connectivity index (χ2n) is 6.27. The van der Waals surface area contributed by atoms with E-state index in [1.165, 1.54) is 0 Å². The van der Waals surface area contributed by atoms with Gasteiger partial charge in [0.15, 0.2) is 0 Å². The molecule has 1 saturated carbocycles. The van der Waals surface area contributed by atoms with E-state index in [0.717, 1.165) is 38.5 Å². The second-order valence-corrected chi connectivity index (χ2v) is 6.27. The molecule has 0 radical (unpaired) electrons. The van der Waals surface area contributed by atoms with Gasteiger partial charge in [-0.15, -0.1) is 0 Å². The smallest absolute Gasteiger partial charge is 0.227 e. The Bertz CT molecular complexity index is 284. The maximum Gasteiger partial charge on any atom is 0.227 e. The Morgan fingerprint density at radius 1 is 1.37 bits per heavy atom. The van der Waals surface area contributed by atoms with Gasteiger partial charge in [-0.05, 0) is 44.4 Å². The summed E-state index contributed by atoms with van der Waals surface area (Å²) in [6.45, 7) is 6.63. The third-order valence-electron chi connectivity index (χ3n) is 5.14. The Labute approximate surface area is 117 Å². The molecule has 112 valence electrons. The molecule has 0 spiro atoms. The maximum atomic E-state index is 12.6. The Balaban J connectivity index is 2.77. The van der Waals surface area contributed by atoms with E-state index in [-0.39, 0.29) is 12.5 Å². The minimum Gasteiger partial charge on any atom is -0.394 e. The van der Waals surface area contributed by atoms with Crippen molar-refractivity contribution in [2.24, 2.45) is 17.1 Å². The normalized spacial score (nSPS) is 28.2. The zero-order valence-electron chi connectivity index (χ0n) is 12.7. The molecule has 0 atom stereocenters. The predicted molar refractivity (Wildman–Crippen MR) is 77.7 cm³/mol. The van der Waals surface area contributed by atoms with Gasteiger partial charge in [0.25, 0.3) is 0 Å². The van der Waals surface area contributed by atoms with Crippen molar-refractivity contribution in [1.29, 1.82) is 0 Å². The first-order valence-corrected chi connectivity index (χ1v) is 7.61. The van der Waals surface area contributed by atoms with Crippen LogP contribution in [-0.4, -0.2) is 29.7 Å². The fourth-order valence-corrected chi connectivity index (χ4v) is 2.96. The van der Waals surface area contributed by atoms with Gasteiger partial charge in [0.05, 0.1) is 17.6 Å². The summed E-state index contributed by atoms with van der Waals surface area (Å²) in [5.41, 5.74) is 4.91. The number of nitrogens with two attached hydrogens (primary N) is 1. The quantitative estimate of drug-likeness (QED) is 0.689. The van der Waals surface area contributed by atoms with Crippen molar-refractivity contribution < 1.29 is 9.90 Å². The summed E-state index contributed by atoms with van der Waals surface area (Å²) in [4.78, 5) is 12.6. The van der Waals surface area contributed by atoms with Crippen molar-refractivity contribution in [3.63, 3.8) is 0 Å². The Hall–Kier alpha value is -0.610. The summed E-state index contributed by atoms with van der Waals surface area (Å²) >= 11 is 0. The number of hydrogen-bond donors (Lipinski definition) is 3. The van der Waals surface area contributed by atoms with Gasteiger partial charge < -0.3 is 16.2 Å². The second kappa shape index (κ2) is 6.71. The zero-order chi connectivity index (χ0) is 14.5. The lowest BCUT2D eigenvalue weighted by molar-refractivity contribution is -0.134. The van der Waals surface area contributed by atoms with Crippen molar-refractivity contribution in [1.82, 2.24) is 5.32 Å². The molecule has 0 aliphatic heterocycles. The molecule has 0 heterocycles. The maximum absolute atomic E-state index is 12.6. The highest BCUT2D eigenvalue weighted by atomic mass is 16.3. The molecule has 0 aromatic rings. The predicted octanol–water partition coefficient (Wildman–Crippen LogP) is 1.81. The minimum absolute atomic E-state index is 0.0172. The lowest BCUT2D eigenvalue weighted by Gasteiger charge is -2.41. The van der Waals surface area contributed by atoms with Gasteiger partial charge in [0.2, 0.25) is 5.91 Å². The number of nitrogens with one attached hydrogen (secondary N) is 1. The third-order valence-corrected chi connectivity index (χ3v) is 5.14. The number of aliphatic hydroxyl groups is 1. The molecule has 4 nitrogen and oxygen atoms in total. The molecule has 0 unspecified atom stereocenters. The van der Waals surface area contributed by atoms with Crippen LogP contribution >= 0.6 is 0 Å². The number of aliphatic hydroxyl groups excluding tert-OH is 1. The van der Waals surface area contributed by atoms with Gasteiger partial charge in [-0.2, -0.15) is 0 Å². The van der Waals surface area contributed by atoms with Crippen LogP contribution in [0.3, 0.4) is 0 Å². The zero-order valence-corrected chi connectivity index (χ0v) is 12.7. The number of rotatable bonds is 6. The average Bonchev–Trinajstić information content (AvgIpc) is 2.44. The highest BCUT2D eigenvalue weighted by Crippen LogP contribution is 2.33. The van der Waals surface area contributed by atoms with Gasteiger partial charge in [-0.1, -0.05) is 20.8 Å². The third kappa shape index (κ3) is 3.48. The first-order valence-electron chi connectivity index (χ1n) is 7.61. The molecule has 0 bridgehead atoms. The van der Waals surface area contributed by atoms with Crippen molar-refractivity contribution >= 4 is 5.91 Å². The lowest BCUT2D eigenvalue weighted by Crippen LogP contribution is -2.58. The van der Waals surface area contributed by atoms with Gasteiger partial charge in [0.1, 0.15) is 0 Å². The summed E-state index contributed by atoms with van der Waals surface area (Å²) in [5, 5.41) is 12.8. The monoisotopic (exact) mass is 270 g/mol. The highest BCUT2D eigenvalue weighted by Gasteiger charge is 2.40. The minimum atomic E-state index is -0.481. The van der Waals surface area contributed by atoms with Crippen LogP contribution in [0.1, 0.15) is 59.3 Å². The van der Waals surface area contributed by atoms with Crippen molar-refractivity contribution in [3.05, 3.63) is 0 Å². The summed E-state index contributed by atoms with van der Waals surface area (Å²) in [7, 11) is 0. The molecule has 0 aromatic carbocycles.